The van der Waals surface area contributed by atoms with E-state index in [2.05, 4.69) is 6.07 Å². The highest BCUT2D eigenvalue weighted by Crippen LogP contribution is 2.24. The van der Waals surface area contributed by atoms with E-state index in [4.69, 9.17) is 5.73 Å². The summed E-state index contributed by atoms with van der Waals surface area (Å²) in [6.07, 6.45) is 3.39. The van der Waals surface area contributed by atoms with Gasteiger partial charge in [-0.05, 0) is 40.8 Å². The van der Waals surface area contributed by atoms with Crippen LogP contribution in [0.2, 0.25) is 0 Å². The summed E-state index contributed by atoms with van der Waals surface area (Å²) >= 11 is 1.69. The van der Waals surface area contributed by atoms with Crippen molar-refractivity contribution in [3.05, 3.63) is 83.2 Å². The number of carbonyl (C=O) groups excluding carboxylic acids is 1. The van der Waals surface area contributed by atoms with Crippen molar-refractivity contribution < 1.29 is 4.79 Å². The predicted octanol–water partition coefficient (Wildman–Crippen LogP) is 4.89. The van der Waals surface area contributed by atoms with E-state index in [1.54, 1.807) is 23.5 Å². The fourth-order valence-corrected chi connectivity index (χ4v) is 2.85. The Morgan fingerprint density at radius 1 is 0.955 bits per heavy atom. The van der Waals surface area contributed by atoms with Crippen molar-refractivity contribution in [1.82, 2.24) is 0 Å². The third-order valence-corrected chi connectivity index (χ3v) is 4.26. The molecule has 0 unspecified atom stereocenters. The number of nitrogens with two attached hydrogens (primary N) is 1. The van der Waals surface area contributed by atoms with E-state index in [1.165, 1.54) is 4.88 Å². The van der Waals surface area contributed by atoms with Crippen LogP contribution in [0.15, 0.2) is 72.1 Å². The topological polar surface area (TPSA) is 43.1 Å². The molecule has 0 aliphatic carbocycles. The molecule has 0 amide bonds. The summed E-state index contributed by atoms with van der Waals surface area (Å²) in [5.74, 6) is -0.00504. The summed E-state index contributed by atoms with van der Waals surface area (Å²) in [5, 5.41) is 2.05. The van der Waals surface area contributed by atoms with E-state index < -0.39 is 0 Å². The van der Waals surface area contributed by atoms with Crippen LogP contribution in [0.1, 0.15) is 15.9 Å². The first-order valence-corrected chi connectivity index (χ1v) is 7.82. The minimum Gasteiger partial charge on any atom is -0.399 e. The van der Waals surface area contributed by atoms with Crippen molar-refractivity contribution in [3.8, 4) is 10.4 Å². The summed E-state index contributed by atoms with van der Waals surface area (Å²) in [5.41, 5.74) is 9.13. The number of hydrogen-bond donors (Lipinski definition) is 1. The Morgan fingerprint density at radius 2 is 1.68 bits per heavy atom. The van der Waals surface area contributed by atoms with E-state index in [0.29, 0.717) is 11.3 Å². The number of hydrogen-bond acceptors (Lipinski definition) is 3. The predicted molar refractivity (Wildman–Crippen MR) is 94.0 cm³/mol. The molecule has 3 heteroatoms. The van der Waals surface area contributed by atoms with Crippen LogP contribution in [0.5, 0.6) is 0 Å². The molecule has 2 nitrogen and oxygen atoms in total. The minimum absolute atomic E-state index is 0.00504. The molecule has 0 bridgehead atoms. The molecule has 0 atom stereocenters. The number of carbonyl (C=O) groups is 1. The molecule has 2 N–H and O–H groups in total. The molecule has 0 aliphatic heterocycles. The third kappa shape index (κ3) is 3.32. The number of thiophene rings is 1. The first kappa shape index (κ1) is 14.3. The number of benzene rings is 2. The first-order chi connectivity index (χ1) is 10.7. The van der Waals surface area contributed by atoms with Gasteiger partial charge in [-0.25, -0.2) is 0 Å². The first-order valence-electron chi connectivity index (χ1n) is 6.94. The largest absolute Gasteiger partial charge is 0.399 e. The van der Waals surface area contributed by atoms with Gasteiger partial charge in [0.15, 0.2) is 5.78 Å². The Hall–Kier alpha value is -2.65. The standard InChI is InChI=1S/C19H15NOS/c20-17-10-3-14(4-11-17)5-12-18(21)15-6-8-16(9-7-15)19-2-1-13-22-19/h1-13H,20H2. The van der Waals surface area contributed by atoms with E-state index in [1.807, 2.05) is 60.0 Å². The van der Waals surface area contributed by atoms with Gasteiger partial charge in [0.25, 0.3) is 0 Å². The number of nitrogen functional groups attached to an aromatic ring is 1. The lowest BCUT2D eigenvalue weighted by Gasteiger charge is -2.00. The average Bonchev–Trinajstić information content (AvgIpc) is 3.09. The van der Waals surface area contributed by atoms with Crippen LogP contribution >= 0.6 is 11.3 Å². The SMILES string of the molecule is Nc1ccc(C=CC(=O)c2ccc(-c3cccs3)cc2)cc1. The number of ketones is 1. The molecule has 0 spiro atoms. The van der Waals surface area contributed by atoms with Gasteiger partial charge in [-0.2, -0.15) is 0 Å². The van der Waals surface area contributed by atoms with Gasteiger partial charge in [-0.15, -0.1) is 11.3 Å². The summed E-state index contributed by atoms with van der Waals surface area (Å²) in [6, 6.07) is 19.2. The molecule has 0 saturated carbocycles. The molecule has 1 aromatic heterocycles. The average molecular weight is 305 g/mol. The molecule has 0 fully saturated rings. The van der Waals surface area contributed by atoms with Crippen LogP contribution in [0.3, 0.4) is 0 Å². The lowest BCUT2D eigenvalue weighted by molar-refractivity contribution is 0.104. The fourth-order valence-electron chi connectivity index (χ4n) is 2.12. The quantitative estimate of drug-likeness (QED) is 0.423. The number of rotatable bonds is 4. The Morgan fingerprint density at radius 3 is 2.32 bits per heavy atom. The number of allylic oxidation sites excluding steroid dienone is 1. The molecule has 3 aromatic rings. The Bertz CT molecular complexity index is 784. The molecule has 1 heterocycles. The van der Waals surface area contributed by atoms with Crippen molar-refractivity contribution in [2.75, 3.05) is 5.73 Å². The Balaban J connectivity index is 1.73. The third-order valence-electron chi connectivity index (χ3n) is 3.34. The van der Waals surface area contributed by atoms with E-state index in [-0.39, 0.29) is 5.78 Å². The van der Waals surface area contributed by atoms with Gasteiger partial charge in [0.2, 0.25) is 0 Å². The molecular weight excluding hydrogens is 290 g/mol. The maximum atomic E-state index is 12.2. The summed E-state index contributed by atoms with van der Waals surface area (Å²) in [4.78, 5) is 13.4. The Labute approximate surface area is 133 Å². The van der Waals surface area contributed by atoms with Crippen LogP contribution in [-0.4, -0.2) is 5.78 Å². The van der Waals surface area contributed by atoms with Gasteiger partial charge in [0.05, 0.1) is 0 Å². The summed E-state index contributed by atoms with van der Waals surface area (Å²) < 4.78 is 0. The van der Waals surface area contributed by atoms with Gasteiger partial charge >= 0.3 is 0 Å². The molecule has 3 rings (SSSR count). The van der Waals surface area contributed by atoms with Gasteiger partial charge in [0, 0.05) is 16.1 Å². The molecule has 0 radical (unpaired) electrons. The fraction of sp³-hybridized carbons (Fsp3) is 0. The highest BCUT2D eigenvalue weighted by Gasteiger charge is 2.03. The van der Waals surface area contributed by atoms with Crippen molar-refractivity contribution in [1.29, 1.82) is 0 Å². The molecule has 2 aromatic carbocycles. The zero-order valence-corrected chi connectivity index (χ0v) is 12.7. The van der Waals surface area contributed by atoms with Gasteiger partial charge in [0.1, 0.15) is 0 Å². The molecule has 22 heavy (non-hydrogen) atoms. The highest BCUT2D eigenvalue weighted by atomic mass is 32.1. The maximum absolute atomic E-state index is 12.2. The second-order valence-corrected chi connectivity index (χ2v) is 5.87. The normalized spacial score (nSPS) is 10.9. The highest BCUT2D eigenvalue weighted by molar-refractivity contribution is 7.13. The molecule has 0 saturated heterocycles. The lowest BCUT2D eigenvalue weighted by atomic mass is 10.1. The lowest BCUT2D eigenvalue weighted by Crippen LogP contribution is -1.93. The van der Waals surface area contributed by atoms with Gasteiger partial charge < -0.3 is 5.73 Å². The minimum atomic E-state index is -0.00504. The Kier molecular flexibility index (Phi) is 4.17. The van der Waals surface area contributed by atoms with Crippen molar-refractivity contribution in [2.24, 2.45) is 0 Å². The van der Waals surface area contributed by atoms with Crippen LogP contribution < -0.4 is 5.73 Å². The van der Waals surface area contributed by atoms with Crippen molar-refractivity contribution in [2.45, 2.75) is 0 Å². The summed E-state index contributed by atoms with van der Waals surface area (Å²) in [7, 11) is 0. The smallest absolute Gasteiger partial charge is 0.185 e. The van der Waals surface area contributed by atoms with Gasteiger partial charge in [-0.3, -0.25) is 4.79 Å². The maximum Gasteiger partial charge on any atom is 0.185 e. The van der Waals surface area contributed by atoms with Crippen LogP contribution in [0.4, 0.5) is 5.69 Å². The zero-order valence-electron chi connectivity index (χ0n) is 11.9. The van der Waals surface area contributed by atoms with E-state index in [9.17, 15) is 4.79 Å². The molecular formula is C19H15NOS. The molecule has 0 aliphatic rings. The number of anilines is 1. The molecule has 108 valence electrons. The monoisotopic (exact) mass is 305 g/mol. The van der Waals surface area contributed by atoms with Crippen molar-refractivity contribution >= 4 is 28.9 Å². The van der Waals surface area contributed by atoms with Crippen LogP contribution in [-0.2, 0) is 0 Å². The second-order valence-electron chi connectivity index (χ2n) is 4.92. The van der Waals surface area contributed by atoms with E-state index in [0.717, 1.165) is 11.1 Å². The summed E-state index contributed by atoms with van der Waals surface area (Å²) in [6.45, 7) is 0. The van der Waals surface area contributed by atoms with Crippen LogP contribution in [0.25, 0.3) is 16.5 Å². The van der Waals surface area contributed by atoms with Crippen molar-refractivity contribution in [3.63, 3.8) is 0 Å². The van der Waals surface area contributed by atoms with Gasteiger partial charge in [-0.1, -0.05) is 48.5 Å². The second kappa shape index (κ2) is 6.41. The van der Waals surface area contributed by atoms with Crippen LogP contribution in [0, 0.1) is 0 Å². The van der Waals surface area contributed by atoms with E-state index >= 15 is 0 Å². The zero-order chi connectivity index (χ0) is 15.4.